The number of halogens is 2. The summed E-state index contributed by atoms with van der Waals surface area (Å²) in [7, 11) is 0. The third-order valence-corrected chi connectivity index (χ3v) is 2.38. The average molecular weight is 217 g/mol. The molecule has 1 atom stereocenters. The standard InChI is InChI=1S/C10H14ClFN2/c11-8-6-7(3-4-9(8)12)10(14)2-1-5-13/h3-4,6,10H,1-2,5,13-14H2/t10-/m1/s1. The van der Waals surface area contributed by atoms with Gasteiger partial charge < -0.3 is 11.5 Å². The van der Waals surface area contributed by atoms with Crippen molar-refractivity contribution >= 4 is 11.6 Å². The van der Waals surface area contributed by atoms with Crippen molar-refractivity contribution in [3.05, 3.63) is 34.6 Å². The van der Waals surface area contributed by atoms with Crippen molar-refractivity contribution in [2.75, 3.05) is 6.54 Å². The summed E-state index contributed by atoms with van der Waals surface area (Å²) in [5, 5.41) is 0.116. The highest BCUT2D eigenvalue weighted by atomic mass is 35.5. The SMILES string of the molecule is NCCC[C@@H](N)c1ccc(F)c(Cl)c1. The fraction of sp³-hybridized carbons (Fsp3) is 0.400. The molecule has 0 aromatic heterocycles. The number of rotatable bonds is 4. The molecule has 0 fully saturated rings. The van der Waals surface area contributed by atoms with Gasteiger partial charge in [0.2, 0.25) is 0 Å². The van der Waals surface area contributed by atoms with Crippen LogP contribution in [0.15, 0.2) is 18.2 Å². The second-order valence-electron chi connectivity index (χ2n) is 3.21. The Morgan fingerprint density at radius 2 is 2.14 bits per heavy atom. The van der Waals surface area contributed by atoms with Crippen LogP contribution in [-0.2, 0) is 0 Å². The monoisotopic (exact) mass is 216 g/mol. The van der Waals surface area contributed by atoms with Crippen LogP contribution < -0.4 is 11.5 Å². The first-order valence-corrected chi connectivity index (χ1v) is 4.93. The van der Waals surface area contributed by atoms with Crippen molar-refractivity contribution in [3.8, 4) is 0 Å². The van der Waals surface area contributed by atoms with Crippen LogP contribution >= 0.6 is 11.6 Å². The minimum atomic E-state index is -0.415. The molecule has 2 nitrogen and oxygen atoms in total. The number of nitrogens with two attached hydrogens (primary N) is 2. The predicted molar refractivity (Wildman–Crippen MR) is 56.6 cm³/mol. The van der Waals surface area contributed by atoms with Gasteiger partial charge in [-0.05, 0) is 37.1 Å². The molecule has 0 saturated carbocycles. The molecule has 0 bridgehead atoms. The van der Waals surface area contributed by atoms with Crippen LogP contribution in [0.5, 0.6) is 0 Å². The zero-order valence-corrected chi connectivity index (χ0v) is 8.60. The Morgan fingerprint density at radius 3 is 2.71 bits per heavy atom. The molecular formula is C10H14ClFN2. The molecule has 1 aromatic carbocycles. The van der Waals surface area contributed by atoms with Gasteiger partial charge in [-0.25, -0.2) is 4.39 Å². The normalized spacial score (nSPS) is 12.9. The summed E-state index contributed by atoms with van der Waals surface area (Å²) in [6.07, 6.45) is 1.65. The van der Waals surface area contributed by atoms with E-state index in [2.05, 4.69) is 0 Å². The Bertz CT molecular complexity index is 304. The Labute approximate surface area is 88.0 Å². The molecule has 0 aliphatic rings. The molecule has 4 heteroatoms. The fourth-order valence-electron chi connectivity index (χ4n) is 1.25. The minimum Gasteiger partial charge on any atom is -0.330 e. The molecule has 0 aliphatic carbocycles. The number of benzene rings is 1. The summed E-state index contributed by atoms with van der Waals surface area (Å²) in [6, 6.07) is 4.44. The summed E-state index contributed by atoms with van der Waals surface area (Å²) in [5.41, 5.74) is 12.1. The van der Waals surface area contributed by atoms with Crippen LogP contribution in [0.25, 0.3) is 0 Å². The summed E-state index contributed by atoms with van der Waals surface area (Å²) >= 11 is 5.64. The molecule has 0 heterocycles. The quantitative estimate of drug-likeness (QED) is 0.811. The largest absolute Gasteiger partial charge is 0.330 e. The average Bonchev–Trinajstić information content (AvgIpc) is 2.18. The Hall–Kier alpha value is -0.640. The zero-order chi connectivity index (χ0) is 10.6. The Morgan fingerprint density at radius 1 is 1.43 bits per heavy atom. The molecule has 4 N–H and O–H groups in total. The molecule has 1 aromatic rings. The van der Waals surface area contributed by atoms with E-state index < -0.39 is 5.82 Å². The highest BCUT2D eigenvalue weighted by Gasteiger charge is 2.07. The van der Waals surface area contributed by atoms with Gasteiger partial charge in [0, 0.05) is 6.04 Å². The third kappa shape index (κ3) is 2.94. The van der Waals surface area contributed by atoms with Gasteiger partial charge in [0.1, 0.15) is 5.82 Å². The highest BCUT2D eigenvalue weighted by Crippen LogP contribution is 2.21. The van der Waals surface area contributed by atoms with Gasteiger partial charge in [-0.1, -0.05) is 17.7 Å². The lowest BCUT2D eigenvalue weighted by molar-refractivity contribution is 0.607. The highest BCUT2D eigenvalue weighted by molar-refractivity contribution is 6.30. The van der Waals surface area contributed by atoms with E-state index in [-0.39, 0.29) is 11.1 Å². The van der Waals surface area contributed by atoms with E-state index in [9.17, 15) is 4.39 Å². The van der Waals surface area contributed by atoms with Crippen molar-refractivity contribution in [2.24, 2.45) is 11.5 Å². The van der Waals surface area contributed by atoms with Gasteiger partial charge in [-0.3, -0.25) is 0 Å². The maximum atomic E-state index is 12.8. The molecule has 0 unspecified atom stereocenters. The molecule has 0 aliphatic heterocycles. The van der Waals surface area contributed by atoms with Gasteiger partial charge in [0.05, 0.1) is 5.02 Å². The molecule has 0 spiro atoms. The van der Waals surface area contributed by atoms with E-state index in [1.807, 2.05) is 0 Å². The summed E-state index contributed by atoms with van der Waals surface area (Å²) in [5.74, 6) is -0.415. The van der Waals surface area contributed by atoms with E-state index in [0.29, 0.717) is 6.54 Å². The second-order valence-corrected chi connectivity index (χ2v) is 3.62. The molecule has 1 rings (SSSR count). The van der Waals surface area contributed by atoms with Crippen LogP contribution in [0, 0.1) is 5.82 Å². The zero-order valence-electron chi connectivity index (χ0n) is 7.84. The summed E-state index contributed by atoms with van der Waals surface area (Å²) in [6.45, 7) is 0.614. The van der Waals surface area contributed by atoms with Crippen molar-refractivity contribution in [1.82, 2.24) is 0 Å². The second kappa shape index (κ2) is 5.29. The first kappa shape index (κ1) is 11.4. The first-order chi connectivity index (χ1) is 6.65. The van der Waals surface area contributed by atoms with E-state index in [0.717, 1.165) is 18.4 Å². The molecule has 0 amide bonds. The van der Waals surface area contributed by atoms with Crippen molar-refractivity contribution in [1.29, 1.82) is 0 Å². The third-order valence-electron chi connectivity index (χ3n) is 2.09. The number of hydrogen-bond donors (Lipinski definition) is 2. The van der Waals surface area contributed by atoms with Crippen molar-refractivity contribution in [2.45, 2.75) is 18.9 Å². The molecule has 14 heavy (non-hydrogen) atoms. The Balaban J connectivity index is 2.70. The van der Waals surface area contributed by atoms with Crippen molar-refractivity contribution in [3.63, 3.8) is 0 Å². The van der Waals surface area contributed by atoms with Gasteiger partial charge in [0.15, 0.2) is 0 Å². The van der Waals surface area contributed by atoms with E-state index in [1.165, 1.54) is 6.07 Å². The van der Waals surface area contributed by atoms with Crippen molar-refractivity contribution < 1.29 is 4.39 Å². The van der Waals surface area contributed by atoms with Crippen LogP contribution in [0.3, 0.4) is 0 Å². The smallest absolute Gasteiger partial charge is 0.141 e. The lowest BCUT2D eigenvalue weighted by Crippen LogP contribution is -2.12. The van der Waals surface area contributed by atoms with Gasteiger partial charge in [-0.2, -0.15) is 0 Å². The fourth-order valence-corrected chi connectivity index (χ4v) is 1.44. The Kier molecular flexibility index (Phi) is 4.32. The maximum absolute atomic E-state index is 12.8. The minimum absolute atomic E-state index is 0.114. The molecular weight excluding hydrogens is 203 g/mol. The topological polar surface area (TPSA) is 52.0 Å². The summed E-state index contributed by atoms with van der Waals surface area (Å²) in [4.78, 5) is 0. The summed E-state index contributed by atoms with van der Waals surface area (Å²) < 4.78 is 12.8. The van der Waals surface area contributed by atoms with Crippen LogP contribution in [0.1, 0.15) is 24.4 Å². The van der Waals surface area contributed by atoms with E-state index in [4.69, 9.17) is 23.1 Å². The van der Waals surface area contributed by atoms with Crippen LogP contribution in [-0.4, -0.2) is 6.54 Å². The molecule has 0 saturated heterocycles. The van der Waals surface area contributed by atoms with Gasteiger partial charge >= 0.3 is 0 Å². The van der Waals surface area contributed by atoms with E-state index >= 15 is 0 Å². The first-order valence-electron chi connectivity index (χ1n) is 4.55. The van der Waals surface area contributed by atoms with E-state index in [1.54, 1.807) is 12.1 Å². The van der Waals surface area contributed by atoms with Gasteiger partial charge in [0.25, 0.3) is 0 Å². The maximum Gasteiger partial charge on any atom is 0.141 e. The number of hydrogen-bond acceptors (Lipinski definition) is 2. The lowest BCUT2D eigenvalue weighted by atomic mass is 10.0. The predicted octanol–water partition coefficient (Wildman–Crippen LogP) is 2.22. The van der Waals surface area contributed by atoms with Gasteiger partial charge in [-0.15, -0.1) is 0 Å². The lowest BCUT2D eigenvalue weighted by Gasteiger charge is -2.11. The van der Waals surface area contributed by atoms with Crippen LogP contribution in [0.4, 0.5) is 4.39 Å². The molecule has 78 valence electrons. The van der Waals surface area contributed by atoms with Crippen LogP contribution in [0.2, 0.25) is 5.02 Å². The molecule has 0 radical (unpaired) electrons.